The standard InChI is InChI=1S/C27H28N4O5/c1-16-12-13-23(31(34)35)18(3)26(16)36-15-24(32)22-14-17(2)29(19(22)4)25-20(5)28(6)30(27(25)33)21-10-8-7-9-11-21/h7-14H,15H2,1-6H3. The van der Waals surface area contributed by atoms with Gasteiger partial charge in [0.25, 0.3) is 11.2 Å². The van der Waals surface area contributed by atoms with Gasteiger partial charge in [-0.25, -0.2) is 4.68 Å². The van der Waals surface area contributed by atoms with E-state index in [1.54, 1.807) is 46.8 Å². The largest absolute Gasteiger partial charge is 0.485 e. The van der Waals surface area contributed by atoms with E-state index >= 15 is 0 Å². The zero-order valence-corrected chi connectivity index (χ0v) is 21.2. The van der Waals surface area contributed by atoms with E-state index in [-0.39, 0.29) is 23.6 Å². The van der Waals surface area contributed by atoms with Gasteiger partial charge in [-0.2, -0.15) is 0 Å². The lowest BCUT2D eigenvalue weighted by Gasteiger charge is -2.12. The highest BCUT2D eigenvalue weighted by atomic mass is 16.6. The number of ether oxygens (including phenoxy) is 1. The van der Waals surface area contributed by atoms with Crippen LogP contribution in [-0.2, 0) is 7.05 Å². The predicted molar refractivity (Wildman–Crippen MR) is 137 cm³/mol. The highest BCUT2D eigenvalue weighted by Crippen LogP contribution is 2.31. The summed E-state index contributed by atoms with van der Waals surface area (Å²) in [4.78, 5) is 37.5. The normalized spacial score (nSPS) is 11.1. The van der Waals surface area contributed by atoms with Crippen molar-refractivity contribution in [2.45, 2.75) is 34.6 Å². The lowest BCUT2D eigenvalue weighted by Crippen LogP contribution is -2.22. The van der Waals surface area contributed by atoms with E-state index in [1.165, 1.54) is 6.07 Å². The van der Waals surface area contributed by atoms with Gasteiger partial charge in [0.15, 0.2) is 6.61 Å². The fraction of sp³-hybridized carbons (Fsp3) is 0.259. The molecular formula is C27H28N4O5. The molecule has 0 atom stereocenters. The Hall–Kier alpha value is -4.40. The number of aryl methyl sites for hydroxylation is 2. The molecule has 36 heavy (non-hydrogen) atoms. The number of hydrogen-bond donors (Lipinski definition) is 0. The van der Waals surface area contributed by atoms with Crippen LogP contribution in [0.4, 0.5) is 5.69 Å². The van der Waals surface area contributed by atoms with E-state index in [2.05, 4.69) is 0 Å². The summed E-state index contributed by atoms with van der Waals surface area (Å²) in [6, 6.07) is 14.1. The van der Waals surface area contributed by atoms with E-state index in [1.807, 2.05) is 51.2 Å². The molecule has 0 spiro atoms. The predicted octanol–water partition coefficient (Wildman–Crippen LogP) is 4.68. The number of nitrogens with zero attached hydrogens (tertiary/aromatic N) is 4. The van der Waals surface area contributed by atoms with Crippen molar-refractivity contribution in [2.24, 2.45) is 7.05 Å². The first-order valence-corrected chi connectivity index (χ1v) is 11.5. The van der Waals surface area contributed by atoms with Gasteiger partial charge in [0.05, 0.1) is 21.9 Å². The molecular weight excluding hydrogens is 460 g/mol. The fourth-order valence-electron chi connectivity index (χ4n) is 4.65. The van der Waals surface area contributed by atoms with E-state index in [0.29, 0.717) is 33.8 Å². The minimum atomic E-state index is -0.471. The van der Waals surface area contributed by atoms with Crippen LogP contribution in [0.15, 0.2) is 53.3 Å². The number of nitro benzene ring substituents is 1. The highest BCUT2D eigenvalue weighted by molar-refractivity contribution is 5.99. The molecule has 0 N–H and O–H groups in total. The molecule has 0 saturated heterocycles. The molecule has 4 aromatic rings. The van der Waals surface area contributed by atoms with Gasteiger partial charge in [-0.05, 0) is 64.4 Å². The summed E-state index contributed by atoms with van der Waals surface area (Å²) in [6.07, 6.45) is 0. The lowest BCUT2D eigenvalue weighted by molar-refractivity contribution is -0.385. The summed E-state index contributed by atoms with van der Waals surface area (Å²) in [7, 11) is 1.82. The Morgan fingerprint density at radius 1 is 1.00 bits per heavy atom. The molecule has 0 unspecified atom stereocenters. The summed E-state index contributed by atoms with van der Waals surface area (Å²) < 4.78 is 11.0. The molecule has 9 heteroatoms. The molecule has 0 bridgehead atoms. The fourth-order valence-corrected chi connectivity index (χ4v) is 4.65. The minimum Gasteiger partial charge on any atom is -0.485 e. The summed E-state index contributed by atoms with van der Waals surface area (Å²) in [5.74, 6) is 0.0487. The van der Waals surface area contributed by atoms with E-state index in [4.69, 9.17) is 4.74 Å². The van der Waals surface area contributed by atoms with Crippen molar-refractivity contribution in [1.82, 2.24) is 13.9 Å². The van der Waals surface area contributed by atoms with Crippen LogP contribution in [0.5, 0.6) is 5.75 Å². The molecule has 9 nitrogen and oxygen atoms in total. The molecule has 186 valence electrons. The Morgan fingerprint density at radius 3 is 2.31 bits per heavy atom. The minimum absolute atomic E-state index is 0.0597. The van der Waals surface area contributed by atoms with Gasteiger partial charge < -0.3 is 9.30 Å². The van der Waals surface area contributed by atoms with Crippen LogP contribution in [0, 0.1) is 44.7 Å². The number of carbonyl (C=O) groups is 1. The Balaban J connectivity index is 1.70. The first kappa shape index (κ1) is 24.7. The lowest BCUT2D eigenvalue weighted by atomic mass is 10.1. The quantitative estimate of drug-likeness (QED) is 0.214. The van der Waals surface area contributed by atoms with Crippen molar-refractivity contribution in [1.29, 1.82) is 0 Å². The summed E-state index contributed by atoms with van der Waals surface area (Å²) in [6.45, 7) is 8.61. The monoisotopic (exact) mass is 488 g/mol. The average Bonchev–Trinajstić information content (AvgIpc) is 3.24. The molecule has 0 aliphatic carbocycles. The Bertz CT molecular complexity index is 1560. The van der Waals surface area contributed by atoms with Crippen molar-refractivity contribution >= 4 is 11.5 Å². The molecule has 0 saturated carbocycles. The van der Waals surface area contributed by atoms with E-state index in [0.717, 1.165) is 17.1 Å². The van der Waals surface area contributed by atoms with Crippen LogP contribution in [-0.4, -0.2) is 31.2 Å². The van der Waals surface area contributed by atoms with E-state index < -0.39 is 4.92 Å². The highest BCUT2D eigenvalue weighted by Gasteiger charge is 2.24. The third kappa shape index (κ3) is 4.02. The number of benzene rings is 2. The number of rotatable bonds is 7. The summed E-state index contributed by atoms with van der Waals surface area (Å²) in [5.41, 5.74) is 4.60. The van der Waals surface area contributed by atoms with Crippen molar-refractivity contribution in [2.75, 3.05) is 6.61 Å². The maximum atomic E-state index is 13.5. The van der Waals surface area contributed by atoms with Crippen molar-refractivity contribution in [3.63, 3.8) is 0 Å². The molecule has 2 heterocycles. The van der Waals surface area contributed by atoms with Crippen LogP contribution in [0.2, 0.25) is 0 Å². The summed E-state index contributed by atoms with van der Waals surface area (Å²) >= 11 is 0. The van der Waals surface area contributed by atoms with Crippen LogP contribution >= 0.6 is 0 Å². The van der Waals surface area contributed by atoms with Gasteiger partial charge in [-0.1, -0.05) is 18.2 Å². The molecule has 0 aliphatic heterocycles. The number of ketones is 1. The van der Waals surface area contributed by atoms with Crippen LogP contribution in [0.1, 0.15) is 38.6 Å². The zero-order chi connectivity index (χ0) is 26.3. The maximum absolute atomic E-state index is 13.5. The first-order valence-electron chi connectivity index (χ1n) is 11.5. The van der Waals surface area contributed by atoms with Gasteiger partial charge in [-0.3, -0.25) is 24.4 Å². The second-order valence-electron chi connectivity index (χ2n) is 8.86. The van der Waals surface area contributed by atoms with Crippen molar-refractivity contribution in [3.05, 3.63) is 103 Å². The van der Waals surface area contributed by atoms with Crippen molar-refractivity contribution < 1.29 is 14.5 Å². The molecule has 0 fully saturated rings. The smallest absolute Gasteiger partial charge is 0.295 e. The Labute approximate surface area is 208 Å². The number of hydrogen-bond acceptors (Lipinski definition) is 5. The maximum Gasteiger partial charge on any atom is 0.295 e. The first-order chi connectivity index (χ1) is 17.0. The summed E-state index contributed by atoms with van der Waals surface area (Å²) in [5, 5.41) is 11.3. The van der Waals surface area contributed by atoms with Gasteiger partial charge in [0.1, 0.15) is 11.4 Å². The molecule has 0 amide bonds. The number of carbonyl (C=O) groups excluding carboxylic acids is 1. The Kier molecular flexibility index (Phi) is 6.41. The third-order valence-corrected chi connectivity index (χ3v) is 6.60. The molecule has 2 aromatic heterocycles. The number of aromatic nitrogens is 3. The second kappa shape index (κ2) is 9.33. The molecule has 4 rings (SSSR count). The van der Waals surface area contributed by atoms with Gasteiger partial charge in [-0.15, -0.1) is 0 Å². The number of nitro groups is 1. The van der Waals surface area contributed by atoms with E-state index in [9.17, 15) is 19.7 Å². The topological polar surface area (TPSA) is 101 Å². The van der Waals surface area contributed by atoms with Crippen molar-refractivity contribution in [3.8, 4) is 17.1 Å². The number of Topliss-reactive ketones (excluding diaryl/α,β-unsaturated/α-hetero) is 1. The van der Waals surface area contributed by atoms with Gasteiger partial charge in [0.2, 0.25) is 5.78 Å². The van der Waals surface area contributed by atoms with Crippen LogP contribution in [0.3, 0.4) is 0 Å². The molecule has 0 radical (unpaired) electrons. The average molecular weight is 489 g/mol. The van der Waals surface area contributed by atoms with Crippen LogP contribution < -0.4 is 10.3 Å². The Morgan fingerprint density at radius 2 is 1.67 bits per heavy atom. The zero-order valence-electron chi connectivity index (χ0n) is 21.2. The third-order valence-electron chi connectivity index (χ3n) is 6.60. The van der Waals surface area contributed by atoms with Gasteiger partial charge in [0, 0.05) is 30.1 Å². The number of para-hydroxylation sites is 1. The van der Waals surface area contributed by atoms with Crippen LogP contribution in [0.25, 0.3) is 11.4 Å². The molecule has 0 aliphatic rings. The van der Waals surface area contributed by atoms with Gasteiger partial charge >= 0.3 is 0 Å². The second-order valence-corrected chi connectivity index (χ2v) is 8.86. The molecule has 2 aromatic carbocycles. The SMILES string of the molecule is Cc1ccc([N+](=O)[O-])c(C)c1OCC(=O)c1cc(C)n(-c2c(C)n(C)n(-c3ccccc3)c2=O)c1C.